The van der Waals surface area contributed by atoms with Gasteiger partial charge in [-0.15, -0.1) is 11.3 Å². The second-order valence-corrected chi connectivity index (χ2v) is 9.97. The Balaban J connectivity index is 1.36. The summed E-state index contributed by atoms with van der Waals surface area (Å²) in [6, 6.07) is 14.7. The standard InChI is InChI=1S/C27H29N3O3S/c1-3-25(31)30-13-12-18-8-11-21(14-22(18)26(30)19-6-4-17(2)5-7-19)33-15-24-29-23(16-34-24)27(32)28-20-9-10-20/h4-8,11,14,16,20,26H,3,9-10,12-13,15H2,1-2H3,(H,28,32). The highest BCUT2D eigenvalue weighted by atomic mass is 32.1. The number of ether oxygens (including phenoxy) is 1. The monoisotopic (exact) mass is 475 g/mol. The molecule has 5 rings (SSSR count). The number of aromatic nitrogens is 1. The van der Waals surface area contributed by atoms with Crippen molar-refractivity contribution in [2.24, 2.45) is 0 Å². The predicted molar refractivity (Wildman–Crippen MR) is 132 cm³/mol. The molecule has 176 valence electrons. The third-order valence-electron chi connectivity index (χ3n) is 6.42. The zero-order valence-corrected chi connectivity index (χ0v) is 20.4. The third-order valence-corrected chi connectivity index (χ3v) is 7.24. The molecular formula is C27H29N3O3S. The summed E-state index contributed by atoms with van der Waals surface area (Å²) in [5.41, 5.74) is 5.11. The highest BCUT2D eigenvalue weighted by Crippen LogP contribution is 2.37. The van der Waals surface area contributed by atoms with Crippen LogP contribution in [0.5, 0.6) is 5.75 Å². The van der Waals surface area contributed by atoms with Crippen molar-refractivity contribution in [1.82, 2.24) is 15.2 Å². The SMILES string of the molecule is CCC(=O)N1CCc2ccc(OCc3nc(C(=O)NC4CC4)cs3)cc2C1c1ccc(C)cc1. The number of amides is 2. The molecule has 1 saturated carbocycles. The van der Waals surface area contributed by atoms with Gasteiger partial charge in [0.1, 0.15) is 23.1 Å². The van der Waals surface area contributed by atoms with Crippen molar-refractivity contribution in [2.45, 2.75) is 58.2 Å². The third kappa shape index (κ3) is 4.85. The minimum Gasteiger partial charge on any atom is -0.486 e. The van der Waals surface area contributed by atoms with E-state index >= 15 is 0 Å². The number of rotatable bonds is 7. The fourth-order valence-corrected chi connectivity index (χ4v) is 5.06. The summed E-state index contributed by atoms with van der Waals surface area (Å²) < 4.78 is 6.08. The minimum atomic E-state index is -0.127. The molecule has 2 aromatic carbocycles. The minimum absolute atomic E-state index is 0.111. The largest absolute Gasteiger partial charge is 0.486 e. The maximum atomic E-state index is 12.8. The molecule has 0 spiro atoms. The number of carbonyl (C=O) groups is 2. The lowest BCUT2D eigenvalue weighted by molar-refractivity contribution is -0.132. The molecule has 1 atom stereocenters. The molecule has 6 nitrogen and oxygen atoms in total. The van der Waals surface area contributed by atoms with Crippen molar-refractivity contribution in [3.05, 3.63) is 80.8 Å². The summed E-state index contributed by atoms with van der Waals surface area (Å²) in [6.45, 7) is 4.99. The van der Waals surface area contributed by atoms with E-state index < -0.39 is 0 Å². The number of carbonyl (C=O) groups excluding carboxylic acids is 2. The van der Waals surface area contributed by atoms with Crippen molar-refractivity contribution in [2.75, 3.05) is 6.54 Å². The van der Waals surface area contributed by atoms with Gasteiger partial charge in [-0.1, -0.05) is 42.8 Å². The van der Waals surface area contributed by atoms with Crippen LogP contribution >= 0.6 is 11.3 Å². The molecule has 1 N–H and O–H groups in total. The molecular weight excluding hydrogens is 446 g/mol. The fraction of sp³-hybridized carbons (Fsp3) is 0.370. The summed E-state index contributed by atoms with van der Waals surface area (Å²) in [5.74, 6) is 0.781. The Morgan fingerprint density at radius 1 is 1.18 bits per heavy atom. The number of hydrogen-bond donors (Lipinski definition) is 1. The van der Waals surface area contributed by atoms with Crippen LogP contribution in [0.15, 0.2) is 47.8 Å². The van der Waals surface area contributed by atoms with Crippen LogP contribution in [0.3, 0.4) is 0 Å². The fourth-order valence-electron chi connectivity index (χ4n) is 4.38. The van der Waals surface area contributed by atoms with E-state index in [1.54, 1.807) is 5.38 Å². The lowest BCUT2D eigenvalue weighted by Gasteiger charge is -2.38. The van der Waals surface area contributed by atoms with Gasteiger partial charge in [0, 0.05) is 24.4 Å². The van der Waals surface area contributed by atoms with Gasteiger partial charge in [0.15, 0.2) is 0 Å². The molecule has 34 heavy (non-hydrogen) atoms. The molecule has 7 heteroatoms. The topological polar surface area (TPSA) is 71.5 Å². The van der Waals surface area contributed by atoms with Crippen molar-refractivity contribution in [1.29, 1.82) is 0 Å². The Bertz CT molecular complexity index is 1200. The average Bonchev–Trinajstić information content (AvgIpc) is 3.54. The number of nitrogens with zero attached hydrogens (tertiary/aromatic N) is 2. The van der Waals surface area contributed by atoms with Gasteiger partial charge in [-0.05, 0) is 55.0 Å². The molecule has 0 radical (unpaired) electrons. The lowest BCUT2D eigenvalue weighted by atomic mass is 9.87. The molecule has 2 aliphatic rings. The number of thiazole rings is 1. The second-order valence-electron chi connectivity index (χ2n) is 9.03. The lowest BCUT2D eigenvalue weighted by Crippen LogP contribution is -2.40. The smallest absolute Gasteiger partial charge is 0.270 e. The maximum Gasteiger partial charge on any atom is 0.270 e. The maximum absolute atomic E-state index is 12.8. The van der Waals surface area contributed by atoms with Crippen LogP contribution in [0.4, 0.5) is 0 Å². The van der Waals surface area contributed by atoms with Crippen LogP contribution in [0, 0.1) is 6.92 Å². The van der Waals surface area contributed by atoms with Crippen LogP contribution in [0.2, 0.25) is 0 Å². The molecule has 1 aliphatic heterocycles. The number of fused-ring (bicyclic) bond motifs is 1. The van der Waals surface area contributed by atoms with Crippen molar-refractivity contribution >= 4 is 23.2 Å². The van der Waals surface area contributed by atoms with Crippen LogP contribution in [0.1, 0.15) is 70.0 Å². The summed E-state index contributed by atoms with van der Waals surface area (Å²) in [6.07, 6.45) is 3.41. The van der Waals surface area contributed by atoms with Crippen LogP contribution in [-0.4, -0.2) is 34.3 Å². The predicted octanol–water partition coefficient (Wildman–Crippen LogP) is 4.81. The molecule has 3 aromatic rings. The molecule has 2 amide bonds. The van der Waals surface area contributed by atoms with Gasteiger partial charge in [0.25, 0.3) is 5.91 Å². The molecule has 1 fully saturated rings. The first kappa shape index (κ1) is 22.6. The number of aryl methyl sites for hydroxylation is 1. The van der Waals surface area contributed by atoms with Crippen molar-refractivity contribution in [3.63, 3.8) is 0 Å². The first-order valence-corrected chi connectivity index (χ1v) is 12.8. The van der Waals surface area contributed by atoms with Gasteiger partial charge in [-0.2, -0.15) is 0 Å². The second kappa shape index (κ2) is 9.58. The van der Waals surface area contributed by atoms with Gasteiger partial charge in [-0.3, -0.25) is 9.59 Å². The zero-order valence-electron chi connectivity index (χ0n) is 19.5. The molecule has 0 bridgehead atoms. The van der Waals surface area contributed by atoms with Crippen LogP contribution in [0.25, 0.3) is 0 Å². The molecule has 0 saturated heterocycles. The first-order chi connectivity index (χ1) is 16.5. The Labute approximate surface area is 204 Å². The Hall–Kier alpha value is -3.19. The zero-order chi connectivity index (χ0) is 23.7. The van der Waals surface area contributed by atoms with E-state index in [0.29, 0.717) is 31.3 Å². The average molecular weight is 476 g/mol. The molecule has 1 aliphatic carbocycles. The van der Waals surface area contributed by atoms with Gasteiger partial charge in [-0.25, -0.2) is 4.98 Å². The summed E-state index contributed by atoms with van der Waals surface area (Å²) in [5, 5.41) is 5.51. The van der Waals surface area contributed by atoms with Crippen LogP contribution in [-0.2, 0) is 17.8 Å². The Morgan fingerprint density at radius 2 is 1.97 bits per heavy atom. The highest BCUT2D eigenvalue weighted by molar-refractivity contribution is 7.09. The normalized spacial score (nSPS) is 17.2. The van der Waals surface area contributed by atoms with Crippen LogP contribution < -0.4 is 10.1 Å². The quantitative estimate of drug-likeness (QED) is 0.533. The molecule has 1 unspecified atom stereocenters. The summed E-state index contributed by atoms with van der Waals surface area (Å²) in [4.78, 5) is 31.4. The Morgan fingerprint density at radius 3 is 2.71 bits per heavy atom. The van der Waals surface area contributed by atoms with E-state index in [2.05, 4.69) is 53.6 Å². The first-order valence-electron chi connectivity index (χ1n) is 11.9. The van der Waals surface area contributed by atoms with Gasteiger partial charge in [0.2, 0.25) is 5.91 Å². The van der Waals surface area contributed by atoms with E-state index in [1.165, 1.54) is 22.5 Å². The van der Waals surface area contributed by atoms with E-state index in [1.807, 2.05) is 17.9 Å². The van der Waals surface area contributed by atoms with E-state index in [-0.39, 0.29) is 17.9 Å². The van der Waals surface area contributed by atoms with E-state index in [0.717, 1.165) is 41.1 Å². The molecule has 1 aromatic heterocycles. The van der Waals surface area contributed by atoms with E-state index in [4.69, 9.17) is 4.74 Å². The number of hydrogen-bond acceptors (Lipinski definition) is 5. The summed E-state index contributed by atoms with van der Waals surface area (Å²) in [7, 11) is 0. The van der Waals surface area contributed by atoms with Gasteiger partial charge >= 0.3 is 0 Å². The van der Waals surface area contributed by atoms with Gasteiger partial charge in [0.05, 0.1) is 6.04 Å². The molecule has 2 heterocycles. The summed E-state index contributed by atoms with van der Waals surface area (Å²) >= 11 is 1.43. The Kier molecular flexibility index (Phi) is 6.37. The van der Waals surface area contributed by atoms with Gasteiger partial charge < -0.3 is 15.0 Å². The van der Waals surface area contributed by atoms with Crippen molar-refractivity contribution < 1.29 is 14.3 Å². The number of benzene rings is 2. The highest BCUT2D eigenvalue weighted by Gasteiger charge is 2.31. The number of nitrogens with one attached hydrogen (secondary N) is 1. The van der Waals surface area contributed by atoms with E-state index in [9.17, 15) is 9.59 Å². The van der Waals surface area contributed by atoms with Crippen molar-refractivity contribution in [3.8, 4) is 5.75 Å².